The summed E-state index contributed by atoms with van der Waals surface area (Å²) in [4.78, 5) is 28.5. The van der Waals surface area contributed by atoms with Gasteiger partial charge in [0.2, 0.25) is 5.82 Å². The zero-order chi connectivity index (χ0) is 21.8. The van der Waals surface area contributed by atoms with E-state index in [1.54, 1.807) is 48.5 Å². The van der Waals surface area contributed by atoms with Gasteiger partial charge in [-0.1, -0.05) is 18.5 Å². The second-order valence-electron chi connectivity index (χ2n) is 7.43. The summed E-state index contributed by atoms with van der Waals surface area (Å²) in [6.07, 6.45) is 2.59. The number of benzene rings is 2. The lowest BCUT2D eigenvalue weighted by atomic mass is 10.1. The summed E-state index contributed by atoms with van der Waals surface area (Å²) < 4.78 is 0. The van der Waals surface area contributed by atoms with E-state index in [0.717, 1.165) is 31.5 Å². The van der Waals surface area contributed by atoms with Crippen LogP contribution in [0.4, 0.5) is 5.69 Å². The second-order valence-corrected chi connectivity index (χ2v) is 7.87. The van der Waals surface area contributed by atoms with Gasteiger partial charge in [-0.3, -0.25) is 9.59 Å². The first-order chi connectivity index (χ1) is 15.0. The molecular formula is C22H23ClN6O2. The van der Waals surface area contributed by atoms with Gasteiger partial charge >= 0.3 is 0 Å². The number of hydrogen-bond acceptors (Lipinski definition) is 5. The average Bonchev–Trinajstić information content (AvgIpc) is 3.48. The van der Waals surface area contributed by atoms with Gasteiger partial charge in [-0.15, -0.1) is 10.2 Å². The van der Waals surface area contributed by atoms with E-state index in [4.69, 9.17) is 11.6 Å². The van der Waals surface area contributed by atoms with E-state index in [9.17, 15) is 9.59 Å². The number of aromatic nitrogens is 4. The van der Waals surface area contributed by atoms with Crippen molar-refractivity contribution in [2.24, 2.45) is 0 Å². The van der Waals surface area contributed by atoms with Crippen molar-refractivity contribution in [3.05, 3.63) is 59.1 Å². The molecule has 2 aromatic carbocycles. The number of nitrogens with one attached hydrogen (secondary N) is 1. The maximum absolute atomic E-state index is 12.8. The molecule has 1 atom stereocenters. The van der Waals surface area contributed by atoms with Crippen molar-refractivity contribution in [2.45, 2.75) is 32.2 Å². The predicted octanol–water partition coefficient (Wildman–Crippen LogP) is 3.82. The molecule has 1 aromatic heterocycles. The average molecular weight is 439 g/mol. The van der Waals surface area contributed by atoms with Gasteiger partial charge in [0.15, 0.2) is 6.04 Å². The smallest absolute Gasteiger partial charge is 0.253 e. The Morgan fingerprint density at radius 2 is 1.74 bits per heavy atom. The molecule has 160 valence electrons. The number of amides is 2. The van der Waals surface area contributed by atoms with Gasteiger partial charge in [0.05, 0.1) is 0 Å². The molecule has 2 heterocycles. The molecule has 0 saturated carbocycles. The van der Waals surface area contributed by atoms with Gasteiger partial charge in [-0.25, -0.2) is 0 Å². The van der Waals surface area contributed by atoms with Gasteiger partial charge < -0.3 is 10.2 Å². The Kier molecular flexibility index (Phi) is 6.27. The van der Waals surface area contributed by atoms with E-state index in [1.165, 1.54) is 4.80 Å². The third kappa shape index (κ3) is 4.74. The van der Waals surface area contributed by atoms with Crippen LogP contribution >= 0.6 is 11.6 Å². The van der Waals surface area contributed by atoms with Crippen LogP contribution in [0, 0.1) is 0 Å². The van der Waals surface area contributed by atoms with Crippen LogP contribution in [-0.4, -0.2) is 50.0 Å². The maximum Gasteiger partial charge on any atom is 0.253 e. The first-order valence-corrected chi connectivity index (χ1v) is 10.7. The number of likely N-dealkylation sites (tertiary alicyclic amines) is 1. The van der Waals surface area contributed by atoms with Crippen LogP contribution in [0.25, 0.3) is 11.4 Å². The molecule has 0 radical (unpaired) electrons. The van der Waals surface area contributed by atoms with E-state index >= 15 is 0 Å². The molecule has 0 aliphatic carbocycles. The van der Waals surface area contributed by atoms with E-state index < -0.39 is 6.04 Å². The van der Waals surface area contributed by atoms with Crippen LogP contribution in [0.3, 0.4) is 0 Å². The molecule has 4 rings (SSSR count). The Morgan fingerprint density at radius 1 is 1.06 bits per heavy atom. The highest BCUT2D eigenvalue weighted by Gasteiger charge is 2.23. The number of tetrazole rings is 1. The number of hydrogen-bond donors (Lipinski definition) is 1. The van der Waals surface area contributed by atoms with E-state index in [1.807, 2.05) is 11.8 Å². The molecule has 0 bridgehead atoms. The highest BCUT2D eigenvalue weighted by molar-refractivity contribution is 6.30. The van der Waals surface area contributed by atoms with Crippen LogP contribution in [0.1, 0.15) is 42.6 Å². The minimum absolute atomic E-state index is 0.0309. The van der Waals surface area contributed by atoms with Crippen LogP contribution in [0.5, 0.6) is 0 Å². The number of halogens is 1. The molecular weight excluding hydrogens is 416 g/mol. The molecule has 2 amide bonds. The van der Waals surface area contributed by atoms with Crippen molar-refractivity contribution in [2.75, 3.05) is 18.4 Å². The van der Waals surface area contributed by atoms with Gasteiger partial charge in [-0.05, 0) is 73.0 Å². The van der Waals surface area contributed by atoms with Crippen LogP contribution in [0.2, 0.25) is 5.02 Å². The quantitative estimate of drug-likeness (QED) is 0.631. The maximum atomic E-state index is 12.8. The van der Waals surface area contributed by atoms with Crippen molar-refractivity contribution >= 4 is 29.1 Å². The molecule has 1 saturated heterocycles. The lowest BCUT2D eigenvalue weighted by Crippen LogP contribution is -2.28. The van der Waals surface area contributed by atoms with E-state index in [0.29, 0.717) is 28.5 Å². The number of carbonyl (C=O) groups is 2. The summed E-state index contributed by atoms with van der Waals surface area (Å²) >= 11 is 5.92. The molecule has 1 aliphatic heterocycles. The Balaban J connectivity index is 1.43. The van der Waals surface area contributed by atoms with Crippen LogP contribution in [0.15, 0.2) is 48.5 Å². The topological polar surface area (TPSA) is 93.0 Å². The molecule has 1 fully saturated rings. The Hall–Kier alpha value is -3.26. The summed E-state index contributed by atoms with van der Waals surface area (Å²) in [5.41, 5.74) is 2.00. The van der Waals surface area contributed by atoms with Crippen molar-refractivity contribution in [3.8, 4) is 11.4 Å². The highest BCUT2D eigenvalue weighted by atomic mass is 35.5. The Labute approximate surface area is 185 Å². The van der Waals surface area contributed by atoms with Crippen molar-refractivity contribution in [3.63, 3.8) is 0 Å². The fraction of sp³-hybridized carbons (Fsp3) is 0.318. The molecule has 8 nitrogen and oxygen atoms in total. The number of carbonyl (C=O) groups excluding carboxylic acids is 2. The summed E-state index contributed by atoms with van der Waals surface area (Å²) in [7, 11) is 0. The minimum Gasteiger partial charge on any atom is -0.339 e. The first kappa shape index (κ1) is 21.0. The SMILES string of the molecule is CCC(C(=O)Nc1ccc(C(=O)N2CCCC2)cc1)n1nnc(-c2ccc(Cl)cc2)n1. The number of rotatable bonds is 6. The minimum atomic E-state index is -0.612. The van der Waals surface area contributed by atoms with Crippen molar-refractivity contribution in [1.29, 1.82) is 0 Å². The predicted molar refractivity (Wildman–Crippen MR) is 118 cm³/mol. The van der Waals surface area contributed by atoms with E-state index in [2.05, 4.69) is 20.7 Å². The molecule has 1 unspecified atom stereocenters. The molecule has 1 aliphatic rings. The zero-order valence-corrected chi connectivity index (χ0v) is 17.9. The standard InChI is InChI=1S/C22H23ClN6O2/c1-2-19(29-26-20(25-27-29)15-5-9-17(23)10-6-15)21(30)24-18-11-7-16(8-12-18)22(31)28-13-3-4-14-28/h5-12,19H,2-4,13-14H2,1H3,(H,24,30). The summed E-state index contributed by atoms with van der Waals surface area (Å²) in [5.74, 6) is 0.206. The van der Waals surface area contributed by atoms with Crippen molar-refractivity contribution < 1.29 is 9.59 Å². The fourth-order valence-electron chi connectivity index (χ4n) is 3.55. The number of anilines is 1. The number of nitrogens with zero attached hydrogens (tertiary/aromatic N) is 5. The van der Waals surface area contributed by atoms with Crippen LogP contribution in [-0.2, 0) is 4.79 Å². The second kappa shape index (κ2) is 9.26. The largest absolute Gasteiger partial charge is 0.339 e. The third-order valence-electron chi connectivity index (χ3n) is 5.29. The lowest BCUT2D eigenvalue weighted by molar-refractivity contribution is -0.120. The fourth-order valence-corrected chi connectivity index (χ4v) is 3.68. The van der Waals surface area contributed by atoms with Crippen LogP contribution < -0.4 is 5.32 Å². The molecule has 31 heavy (non-hydrogen) atoms. The van der Waals surface area contributed by atoms with Gasteiger partial charge in [0, 0.05) is 34.9 Å². The van der Waals surface area contributed by atoms with Crippen molar-refractivity contribution in [1.82, 2.24) is 25.1 Å². The third-order valence-corrected chi connectivity index (χ3v) is 5.54. The Morgan fingerprint density at radius 3 is 2.39 bits per heavy atom. The highest BCUT2D eigenvalue weighted by Crippen LogP contribution is 2.20. The van der Waals surface area contributed by atoms with Gasteiger partial charge in [-0.2, -0.15) is 4.80 Å². The summed E-state index contributed by atoms with van der Waals surface area (Å²) in [5, 5.41) is 16.0. The summed E-state index contributed by atoms with van der Waals surface area (Å²) in [6.45, 7) is 3.49. The van der Waals surface area contributed by atoms with Gasteiger partial charge in [0.25, 0.3) is 11.8 Å². The first-order valence-electron chi connectivity index (χ1n) is 10.3. The Bertz CT molecular complexity index is 1060. The van der Waals surface area contributed by atoms with Gasteiger partial charge in [0.1, 0.15) is 0 Å². The molecule has 0 spiro atoms. The monoisotopic (exact) mass is 438 g/mol. The zero-order valence-electron chi connectivity index (χ0n) is 17.2. The lowest BCUT2D eigenvalue weighted by Gasteiger charge is -2.16. The molecule has 3 aromatic rings. The molecule has 1 N–H and O–H groups in total. The normalized spacial score (nSPS) is 14.5. The summed E-state index contributed by atoms with van der Waals surface area (Å²) in [6, 6.07) is 13.4. The molecule has 9 heteroatoms. The van der Waals surface area contributed by atoms with E-state index in [-0.39, 0.29) is 11.8 Å².